The number of primary amides is 1. The summed E-state index contributed by atoms with van der Waals surface area (Å²) in [5.74, 6) is 1.68. The van der Waals surface area contributed by atoms with Crippen LogP contribution in [0.5, 0.6) is 23.0 Å². The van der Waals surface area contributed by atoms with Crippen molar-refractivity contribution in [1.29, 1.82) is 0 Å². The first-order valence-corrected chi connectivity index (χ1v) is 11.7. The monoisotopic (exact) mass is 519 g/mol. The second-order valence-electron chi connectivity index (χ2n) is 7.48. The number of hydrogen-bond acceptors (Lipinski definition) is 8. The summed E-state index contributed by atoms with van der Waals surface area (Å²) in [5, 5.41) is -0.663. The van der Waals surface area contributed by atoms with Crippen LogP contribution in [0.3, 0.4) is 0 Å². The van der Waals surface area contributed by atoms with Crippen molar-refractivity contribution in [3.63, 3.8) is 0 Å². The molecule has 0 aliphatic heterocycles. The minimum atomic E-state index is -0.663. The number of carbonyl (C=O) groups is 3. The summed E-state index contributed by atoms with van der Waals surface area (Å²) in [4.78, 5) is 35.0. The zero-order valence-electron chi connectivity index (χ0n) is 20.4. The van der Waals surface area contributed by atoms with E-state index in [0.29, 0.717) is 63.3 Å². The van der Waals surface area contributed by atoms with Gasteiger partial charge in [-0.15, -0.1) is 0 Å². The molecule has 0 aliphatic rings. The first-order valence-electron chi connectivity index (χ1n) is 10.9. The Morgan fingerprint density at radius 1 is 0.784 bits per heavy atom. The fraction of sp³-hybridized carbons (Fsp3) is 0.107. The van der Waals surface area contributed by atoms with E-state index in [1.54, 1.807) is 93.1 Å². The number of ether oxygens (including phenoxy) is 4. The van der Waals surface area contributed by atoms with Gasteiger partial charge in [0.1, 0.15) is 23.0 Å². The first-order chi connectivity index (χ1) is 17.8. The number of allylic oxidation sites excluding steroid dienone is 1. The van der Waals surface area contributed by atoms with Crippen molar-refractivity contribution in [2.24, 2.45) is 5.73 Å². The second-order valence-corrected chi connectivity index (χ2v) is 8.56. The molecule has 2 N–H and O–H groups in total. The molecule has 0 unspecified atom stereocenters. The number of aldehydes is 1. The van der Waals surface area contributed by atoms with Gasteiger partial charge in [-0.1, -0.05) is 24.3 Å². The minimum absolute atomic E-state index is 0.199. The number of methoxy groups -OCH3 is 3. The molecule has 0 saturated heterocycles. The first kappa shape index (κ1) is 27.1. The van der Waals surface area contributed by atoms with Crippen molar-refractivity contribution in [3.05, 3.63) is 88.3 Å². The van der Waals surface area contributed by atoms with Gasteiger partial charge in [0.2, 0.25) is 0 Å². The number of esters is 1. The summed E-state index contributed by atoms with van der Waals surface area (Å²) in [6, 6.07) is 19.2. The summed E-state index contributed by atoms with van der Waals surface area (Å²) in [7, 11) is 4.42. The molecule has 37 heavy (non-hydrogen) atoms. The predicted molar refractivity (Wildman–Crippen MR) is 144 cm³/mol. The van der Waals surface area contributed by atoms with Crippen molar-refractivity contribution in [1.82, 2.24) is 0 Å². The Morgan fingerprint density at radius 3 is 2.03 bits per heavy atom. The average Bonchev–Trinajstić information content (AvgIpc) is 2.91. The standard InChI is InChI=1S/C28H25NO7S/c1-33-23-11-19(12-24(16-23)34-2)14-26(27(31)35-3)20-5-4-6-22(15-20)36-21-9-7-18(8-10-21)13-25(17-30)37-28(29)32/h4-17H,1-3H3,(H2,29,32)/b25-13+,26-14-. The SMILES string of the molecule is COC(=O)/C(=C\c1cc(OC)cc(OC)c1)c1cccc(Oc2ccc(/C=C(\C=O)SC(N)=O)cc2)c1. The van der Waals surface area contributed by atoms with Gasteiger partial charge in [-0.3, -0.25) is 9.59 Å². The van der Waals surface area contributed by atoms with Crippen LogP contribution in [-0.4, -0.2) is 38.8 Å². The molecule has 0 aliphatic carbocycles. The van der Waals surface area contributed by atoms with Crippen LogP contribution in [0.25, 0.3) is 17.7 Å². The molecule has 9 heteroatoms. The van der Waals surface area contributed by atoms with E-state index in [4.69, 9.17) is 24.7 Å². The summed E-state index contributed by atoms with van der Waals surface area (Å²) in [6.45, 7) is 0. The third kappa shape index (κ3) is 7.74. The van der Waals surface area contributed by atoms with Gasteiger partial charge in [0.05, 0.1) is 31.8 Å². The van der Waals surface area contributed by atoms with Gasteiger partial charge < -0.3 is 24.7 Å². The molecule has 3 aromatic rings. The number of benzene rings is 3. The van der Waals surface area contributed by atoms with Gasteiger partial charge in [-0.2, -0.15) is 0 Å². The lowest BCUT2D eigenvalue weighted by Gasteiger charge is -2.11. The fourth-order valence-corrected chi connectivity index (χ4v) is 3.79. The Morgan fingerprint density at radius 2 is 1.46 bits per heavy atom. The minimum Gasteiger partial charge on any atom is -0.497 e. The number of nitrogens with two attached hydrogens (primary N) is 1. The van der Waals surface area contributed by atoms with Crippen LogP contribution in [0.1, 0.15) is 16.7 Å². The highest BCUT2D eigenvalue weighted by atomic mass is 32.2. The summed E-state index contributed by atoms with van der Waals surface area (Å²) >= 11 is 0.658. The van der Waals surface area contributed by atoms with Gasteiger partial charge in [0, 0.05) is 6.07 Å². The zero-order valence-corrected chi connectivity index (χ0v) is 21.2. The summed E-state index contributed by atoms with van der Waals surface area (Å²) in [6.07, 6.45) is 3.80. The molecule has 0 atom stereocenters. The van der Waals surface area contributed by atoms with Crippen molar-refractivity contribution < 1.29 is 33.3 Å². The maximum Gasteiger partial charge on any atom is 0.338 e. The Bertz CT molecular complexity index is 1320. The molecule has 0 radical (unpaired) electrons. The molecular formula is C28H25NO7S. The van der Waals surface area contributed by atoms with E-state index in [-0.39, 0.29) is 4.91 Å². The van der Waals surface area contributed by atoms with Gasteiger partial charge >= 0.3 is 5.97 Å². The third-order valence-electron chi connectivity index (χ3n) is 4.99. The second kappa shape index (κ2) is 13.0. The fourth-order valence-electron chi connectivity index (χ4n) is 3.31. The van der Waals surface area contributed by atoms with Crippen LogP contribution in [-0.2, 0) is 14.3 Å². The predicted octanol–water partition coefficient (Wildman–Crippen LogP) is 5.56. The van der Waals surface area contributed by atoms with Crippen LogP contribution in [0.4, 0.5) is 4.79 Å². The number of amides is 1. The van der Waals surface area contributed by atoms with Crippen LogP contribution >= 0.6 is 11.8 Å². The van der Waals surface area contributed by atoms with Crippen LogP contribution in [0.15, 0.2) is 71.6 Å². The number of hydrogen-bond donors (Lipinski definition) is 1. The normalized spacial score (nSPS) is 11.4. The van der Waals surface area contributed by atoms with E-state index < -0.39 is 11.2 Å². The van der Waals surface area contributed by atoms with E-state index in [0.717, 1.165) is 0 Å². The maximum atomic E-state index is 12.7. The largest absolute Gasteiger partial charge is 0.497 e. The van der Waals surface area contributed by atoms with Crippen molar-refractivity contribution in [2.75, 3.05) is 21.3 Å². The van der Waals surface area contributed by atoms with Crippen LogP contribution in [0, 0.1) is 0 Å². The molecule has 3 aromatic carbocycles. The van der Waals surface area contributed by atoms with Gasteiger partial charge in [0.25, 0.3) is 5.24 Å². The Kier molecular flexibility index (Phi) is 9.51. The molecule has 3 rings (SSSR count). The molecule has 0 bridgehead atoms. The topological polar surface area (TPSA) is 114 Å². The number of rotatable bonds is 10. The Hall–Kier alpha value is -4.50. The molecule has 0 spiro atoms. The highest BCUT2D eigenvalue weighted by Gasteiger charge is 2.15. The third-order valence-corrected chi connectivity index (χ3v) is 5.65. The highest BCUT2D eigenvalue weighted by molar-refractivity contribution is 8.17. The average molecular weight is 520 g/mol. The number of carbonyl (C=O) groups excluding carboxylic acids is 3. The maximum absolute atomic E-state index is 12.7. The van der Waals surface area contributed by atoms with E-state index in [1.165, 1.54) is 7.11 Å². The lowest BCUT2D eigenvalue weighted by molar-refractivity contribution is -0.133. The van der Waals surface area contributed by atoms with E-state index in [9.17, 15) is 14.4 Å². The van der Waals surface area contributed by atoms with Gasteiger partial charge in [0.15, 0.2) is 6.29 Å². The molecule has 190 valence electrons. The molecule has 0 fully saturated rings. The molecule has 0 saturated carbocycles. The Balaban J connectivity index is 1.88. The highest BCUT2D eigenvalue weighted by Crippen LogP contribution is 2.30. The number of thioether (sulfide) groups is 1. The zero-order chi connectivity index (χ0) is 26.8. The van der Waals surface area contributed by atoms with Crippen molar-refractivity contribution in [3.8, 4) is 23.0 Å². The summed E-state index contributed by atoms with van der Waals surface area (Å²) in [5.41, 5.74) is 7.41. The van der Waals surface area contributed by atoms with Crippen molar-refractivity contribution >= 4 is 47.0 Å². The van der Waals surface area contributed by atoms with E-state index in [1.807, 2.05) is 0 Å². The smallest absolute Gasteiger partial charge is 0.338 e. The van der Waals surface area contributed by atoms with Gasteiger partial charge in [-0.25, -0.2) is 4.79 Å². The quantitative estimate of drug-likeness (QED) is 0.160. The summed E-state index contributed by atoms with van der Waals surface area (Å²) < 4.78 is 21.6. The molecular weight excluding hydrogens is 494 g/mol. The molecule has 0 heterocycles. The van der Waals surface area contributed by atoms with Crippen LogP contribution in [0.2, 0.25) is 0 Å². The van der Waals surface area contributed by atoms with E-state index >= 15 is 0 Å². The van der Waals surface area contributed by atoms with E-state index in [2.05, 4.69) is 0 Å². The lowest BCUT2D eigenvalue weighted by atomic mass is 10.0. The lowest BCUT2D eigenvalue weighted by Crippen LogP contribution is -2.04. The molecule has 8 nitrogen and oxygen atoms in total. The van der Waals surface area contributed by atoms with Gasteiger partial charge in [-0.05, 0) is 77.0 Å². The van der Waals surface area contributed by atoms with Crippen LogP contribution < -0.4 is 19.9 Å². The Labute approximate surface area is 218 Å². The molecule has 0 aromatic heterocycles. The molecule has 1 amide bonds. The van der Waals surface area contributed by atoms with Crippen molar-refractivity contribution in [2.45, 2.75) is 0 Å².